The molecular weight excluding hydrogens is 200 g/mol. The summed E-state index contributed by atoms with van der Waals surface area (Å²) in [5.74, 6) is 2.16. The molecule has 1 aromatic rings. The fourth-order valence-corrected chi connectivity index (χ4v) is 1.23. The predicted molar refractivity (Wildman–Crippen MR) is 63.9 cm³/mol. The highest BCUT2D eigenvalue weighted by molar-refractivity contribution is 5.89. The molecule has 0 aliphatic rings. The number of hydrogen-bond acceptors (Lipinski definition) is 2. The van der Waals surface area contributed by atoms with Crippen molar-refractivity contribution in [2.75, 3.05) is 0 Å². The van der Waals surface area contributed by atoms with Gasteiger partial charge in [0.1, 0.15) is 6.10 Å². The average Bonchev–Trinajstić information content (AvgIpc) is 2.35. The van der Waals surface area contributed by atoms with Gasteiger partial charge in [0.25, 0.3) is 0 Å². The zero-order valence-corrected chi connectivity index (χ0v) is 9.06. The van der Waals surface area contributed by atoms with Gasteiger partial charge in [-0.1, -0.05) is 30.9 Å². The number of rotatable bonds is 5. The Kier molecular flexibility index (Phi) is 4.88. The van der Waals surface area contributed by atoms with Crippen LogP contribution in [0.1, 0.15) is 23.2 Å². The van der Waals surface area contributed by atoms with Gasteiger partial charge in [0.2, 0.25) is 0 Å². The van der Waals surface area contributed by atoms with Crippen LogP contribution >= 0.6 is 0 Å². The molecule has 1 atom stereocenters. The Balaban J connectivity index is 2.56. The highest BCUT2D eigenvalue weighted by Crippen LogP contribution is 2.08. The largest absolute Gasteiger partial charge is 0.455 e. The van der Waals surface area contributed by atoms with Crippen LogP contribution in [0.5, 0.6) is 0 Å². The third-order valence-corrected chi connectivity index (χ3v) is 2.10. The number of terminal acetylenes is 1. The molecule has 0 heterocycles. The van der Waals surface area contributed by atoms with Crippen molar-refractivity contribution in [3.05, 3.63) is 48.6 Å². The molecule has 0 amide bonds. The third kappa shape index (κ3) is 3.62. The maximum atomic E-state index is 11.7. The molecule has 0 spiro atoms. The van der Waals surface area contributed by atoms with Crippen molar-refractivity contribution in [1.82, 2.24) is 0 Å². The summed E-state index contributed by atoms with van der Waals surface area (Å²) in [6.07, 6.45) is 7.61. The molecule has 2 nitrogen and oxygen atoms in total. The molecule has 0 fully saturated rings. The Morgan fingerprint density at radius 3 is 2.75 bits per heavy atom. The van der Waals surface area contributed by atoms with Gasteiger partial charge >= 0.3 is 5.97 Å². The molecule has 0 radical (unpaired) electrons. The predicted octanol–water partition coefficient (Wildman–Crippen LogP) is 2.81. The van der Waals surface area contributed by atoms with Crippen LogP contribution in [0, 0.1) is 12.3 Å². The lowest BCUT2D eigenvalue weighted by Gasteiger charge is -2.12. The minimum absolute atomic E-state index is 0.316. The summed E-state index contributed by atoms with van der Waals surface area (Å²) < 4.78 is 5.24. The lowest BCUT2D eigenvalue weighted by molar-refractivity contribution is 0.0383. The summed E-state index contributed by atoms with van der Waals surface area (Å²) in [4.78, 5) is 11.7. The summed E-state index contributed by atoms with van der Waals surface area (Å²) >= 11 is 0. The highest BCUT2D eigenvalue weighted by Gasteiger charge is 2.11. The quantitative estimate of drug-likeness (QED) is 0.428. The molecular formula is C14H14O2. The second-order valence-electron chi connectivity index (χ2n) is 3.29. The normalized spacial score (nSPS) is 11.2. The zero-order valence-electron chi connectivity index (χ0n) is 9.06. The SMILES string of the molecule is C#CCC[C@@H](C=C)OC(=O)c1ccccc1. The monoisotopic (exact) mass is 214 g/mol. The number of hydrogen-bond donors (Lipinski definition) is 0. The van der Waals surface area contributed by atoms with E-state index < -0.39 is 0 Å². The van der Waals surface area contributed by atoms with Gasteiger partial charge in [0.05, 0.1) is 5.56 Å². The lowest BCUT2D eigenvalue weighted by atomic mass is 10.2. The molecule has 1 rings (SSSR count). The molecule has 1 aromatic carbocycles. The molecule has 0 saturated carbocycles. The lowest BCUT2D eigenvalue weighted by Crippen LogP contribution is -2.15. The van der Waals surface area contributed by atoms with Crippen LogP contribution in [-0.2, 0) is 4.74 Å². The molecule has 0 aliphatic heterocycles. The first-order valence-electron chi connectivity index (χ1n) is 5.10. The van der Waals surface area contributed by atoms with Gasteiger partial charge in [-0.15, -0.1) is 12.3 Å². The highest BCUT2D eigenvalue weighted by atomic mass is 16.5. The minimum atomic E-state index is -0.345. The number of ether oxygens (including phenoxy) is 1. The fraction of sp³-hybridized carbons (Fsp3) is 0.214. The number of benzene rings is 1. The first-order chi connectivity index (χ1) is 7.77. The van der Waals surface area contributed by atoms with E-state index in [4.69, 9.17) is 11.2 Å². The summed E-state index contributed by atoms with van der Waals surface area (Å²) in [5, 5.41) is 0. The van der Waals surface area contributed by atoms with Gasteiger partial charge in [-0.25, -0.2) is 4.79 Å². The Morgan fingerprint density at radius 2 is 2.19 bits per heavy atom. The molecule has 0 aromatic heterocycles. The number of carbonyl (C=O) groups excluding carboxylic acids is 1. The van der Waals surface area contributed by atoms with Crippen molar-refractivity contribution in [3.8, 4) is 12.3 Å². The van der Waals surface area contributed by atoms with E-state index in [1.54, 1.807) is 30.3 Å². The van der Waals surface area contributed by atoms with Crippen molar-refractivity contribution in [2.24, 2.45) is 0 Å². The Hall–Kier alpha value is -2.01. The number of carbonyl (C=O) groups is 1. The van der Waals surface area contributed by atoms with Crippen LogP contribution in [0.25, 0.3) is 0 Å². The van der Waals surface area contributed by atoms with Crippen LogP contribution in [0.3, 0.4) is 0 Å². The van der Waals surface area contributed by atoms with Gasteiger partial charge in [-0.05, 0) is 18.6 Å². The summed E-state index contributed by atoms with van der Waals surface area (Å²) in [6, 6.07) is 8.86. The van der Waals surface area contributed by atoms with E-state index in [9.17, 15) is 4.79 Å². The average molecular weight is 214 g/mol. The van der Waals surface area contributed by atoms with Crippen LogP contribution in [0.15, 0.2) is 43.0 Å². The molecule has 0 N–H and O–H groups in total. The van der Waals surface area contributed by atoms with Crippen LogP contribution in [0.2, 0.25) is 0 Å². The van der Waals surface area contributed by atoms with E-state index in [-0.39, 0.29) is 12.1 Å². The molecule has 0 saturated heterocycles. The standard InChI is InChI=1S/C14H14O2/c1-3-5-11-13(4-2)16-14(15)12-9-7-6-8-10-12/h1,4,6-10,13H,2,5,11H2/t13-/m1/s1. The molecule has 0 bridgehead atoms. The van der Waals surface area contributed by atoms with Crippen LogP contribution in [-0.4, -0.2) is 12.1 Å². The second-order valence-corrected chi connectivity index (χ2v) is 3.29. The van der Waals surface area contributed by atoms with Crippen molar-refractivity contribution < 1.29 is 9.53 Å². The summed E-state index contributed by atoms with van der Waals surface area (Å²) in [7, 11) is 0. The summed E-state index contributed by atoms with van der Waals surface area (Å²) in [6.45, 7) is 3.61. The van der Waals surface area contributed by atoms with E-state index in [0.29, 0.717) is 18.4 Å². The van der Waals surface area contributed by atoms with Crippen LogP contribution in [0.4, 0.5) is 0 Å². The van der Waals surface area contributed by atoms with Gasteiger partial charge < -0.3 is 4.74 Å². The smallest absolute Gasteiger partial charge is 0.338 e. The Morgan fingerprint density at radius 1 is 1.50 bits per heavy atom. The second kappa shape index (κ2) is 6.47. The first kappa shape index (κ1) is 12.1. The summed E-state index contributed by atoms with van der Waals surface area (Å²) in [5.41, 5.74) is 0.537. The Labute approximate surface area is 95.9 Å². The first-order valence-corrected chi connectivity index (χ1v) is 5.10. The maximum absolute atomic E-state index is 11.7. The van der Waals surface area contributed by atoms with E-state index in [0.717, 1.165) is 0 Å². The van der Waals surface area contributed by atoms with Crippen LogP contribution < -0.4 is 0 Å². The topological polar surface area (TPSA) is 26.3 Å². The molecule has 16 heavy (non-hydrogen) atoms. The van der Waals surface area contributed by atoms with Crippen molar-refractivity contribution in [2.45, 2.75) is 18.9 Å². The fourth-order valence-electron chi connectivity index (χ4n) is 1.23. The molecule has 2 heteroatoms. The van der Waals surface area contributed by atoms with Crippen molar-refractivity contribution in [3.63, 3.8) is 0 Å². The van der Waals surface area contributed by atoms with Gasteiger partial charge in [-0.3, -0.25) is 0 Å². The Bertz CT molecular complexity index is 387. The van der Waals surface area contributed by atoms with Crippen molar-refractivity contribution in [1.29, 1.82) is 0 Å². The minimum Gasteiger partial charge on any atom is -0.455 e. The van der Waals surface area contributed by atoms with E-state index >= 15 is 0 Å². The molecule has 0 aliphatic carbocycles. The van der Waals surface area contributed by atoms with E-state index in [2.05, 4.69) is 12.5 Å². The third-order valence-electron chi connectivity index (χ3n) is 2.10. The van der Waals surface area contributed by atoms with Gasteiger partial charge in [0.15, 0.2) is 0 Å². The van der Waals surface area contributed by atoms with E-state index in [1.807, 2.05) is 6.07 Å². The van der Waals surface area contributed by atoms with Gasteiger partial charge in [-0.2, -0.15) is 0 Å². The van der Waals surface area contributed by atoms with Gasteiger partial charge in [0, 0.05) is 6.42 Å². The van der Waals surface area contributed by atoms with Crippen molar-refractivity contribution >= 4 is 5.97 Å². The molecule has 82 valence electrons. The maximum Gasteiger partial charge on any atom is 0.338 e. The number of esters is 1. The van der Waals surface area contributed by atoms with E-state index in [1.165, 1.54) is 0 Å². The zero-order chi connectivity index (χ0) is 11.8. The molecule has 0 unspecified atom stereocenters.